The summed E-state index contributed by atoms with van der Waals surface area (Å²) in [6.07, 6.45) is 1.30. The lowest BCUT2D eigenvalue weighted by molar-refractivity contribution is -0.129. The minimum absolute atomic E-state index is 0.00929. The topological polar surface area (TPSA) is 103 Å². The Morgan fingerprint density at radius 1 is 1.36 bits per heavy atom. The van der Waals surface area contributed by atoms with Gasteiger partial charge in [-0.05, 0) is 18.1 Å². The van der Waals surface area contributed by atoms with E-state index in [1.165, 1.54) is 6.26 Å². The first kappa shape index (κ1) is 18.1. The summed E-state index contributed by atoms with van der Waals surface area (Å²) < 4.78 is 21.6. The third kappa shape index (κ3) is 3.47. The van der Waals surface area contributed by atoms with E-state index >= 15 is 0 Å². The van der Waals surface area contributed by atoms with Crippen LogP contribution < -0.4 is 19.5 Å². The quantitative estimate of drug-likeness (QED) is 0.831. The van der Waals surface area contributed by atoms with Crippen molar-refractivity contribution >= 4 is 11.8 Å². The van der Waals surface area contributed by atoms with Gasteiger partial charge in [0.05, 0.1) is 0 Å². The number of amides is 2. The summed E-state index contributed by atoms with van der Waals surface area (Å²) in [5, 5.41) is 2.80. The Morgan fingerprint density at radius 3 is 3.00 bits per heavy atom. The predicted molar refractivity (Wildman–Crippen MR) is 96.1 cm³/mol. The van der Waals surface area contributed by atoms with Gasteiger partial charge in [-0.1, -0.05) is 13.8 Å². The molecule has 28 heavy (non-hydrogen) atoms. The highest BCUT2D eigenvalue weighted by Crippen LogP contribution is 2.35. The maximum absolute atomic E-state index is 12.8. The average Bonchev–Trinajstić information content (AvgIpc) is 3.34. The van der Waals surface area contributed by atoms with Crippen LogP contribution >= 0.6 is 0 Å². The van der Waals surface area contributed by atoms with Gasteiger partial charge in [-0.3, -0.25) is 9.59 Å². The summed E-state index contributed by atoms with van der Waals surface area (Å²) in [4.78, 5) is 30.7. The molecule has 2 amide bonds. The number of carbonyl (C=O) groups excluding carboxylic acids is 2. The van der Waals surface area contributed by atoms with Crippen molar-refractivity contribution < 1.29 is 28.2 Å². The number of piperazine rings is 1. The Morgan fingerprint density at radius 2 is 2.18 bits per heavy atom. The summed E-state index contributed by atoms with van der Waals surface area (Å²) in [6.45, 7) is 4.92. The monoisotopic (exact) mass is 387 g/mol. The van der Waals surface area contributed by atoms with Gasteiger partial charge in [0.25, 0.3) is 5.91 Å². The molecule has 4 rings (SSSR count). The van der Waals surface area contributed by atoms with Crippen molar-refractivity contribution in [2.24, 2.45) is 5.92 Å². The predicted octanol–water partition coefficient (Wildman–Crippen LogP) is 1.58. The summed E-state index contributed by atoms with van der Waals surface area (Å²) in [5.41, 5.74) is 0.157. The van der Waals surface area contributed by atoms with E-state index in [-0.39, 0.29) is 42.7 Å². The van der Waals surface area contributed by atoms with E-state index in [1.54, 1.807) is 23.1 Å². The first-order valence-electron chi connectivity index (χ1n) is 9.08. The third-order valence-corrected chi connectivity index (χ3v) is 4.63. The summed E-state index contributed by atoms with van der Waals surface area (Å²) >= 11 is 0. The normalized spacial score (nSPS) is 18.3. The Labute approximate surface area is 161 Å². The van der Waals surface area contributed by atoms with E-state index in [9.17, 15) is 9.59 Å². The fourth-order valence-electron chi connectivity index (χ4n) is 3.31. The van der Waals surface area contributed by atoms with Crippen LogP contribution in [0.4, 0.5) is 0 Å². The van der Waals surface area contributed by atoms with Crippen molar-refractivity contribution in [3.05, 3.63) is 36.0 Å². The molecule has 9 nitrogen and oxygen atoms in total. The molecule has 2 aliphatic rings. The van der Waals surface area contributed by atoms with Crippen LogP contribution in [0.15, 0.2) is 28.9 Å². The van der Waals surface area contributed by atoms with Gasteiger partial charge in [-0.25, -0.2) is 4.98 Å². The largest absolute Gasteiger partial charge is 0.484 e. The molecule has 2 aliphatic heterocycles. The zero-order chi connectivity index (χ0) is 19.7. The van der Waals surface area contributed by atoms with Crippen LogP contribution in [0.2, 0.25) is 0 Å². The van der Waals surface area contributed by atoms with Crippen LogP contribution in [0.5, 0.6) is 17.2 Å². The molecule has 9 heteroatoms. The number of nitrogens with zero attached hydrogens (tertiary/aromatic N) is 2. The van der Waals surface area contributed by atoms with Gasteiger partial charge in [-0.15, -0.1) is 0 Å². The van der Waals surface area contributed by atoms with Crippen LogP contribution in [-0.2, 0) is 11.4 Å². The minimum atomic E-state index is -0.522. The van der Waals surface area contributed by atoms with Gasteiger partial charge in [0, 0.05) is 19.2 Å². The van der Waals surface area contributed by atoms with E-state index in [0.717, 1.165) is 0 Å². The van der Waals surface area contributed by atoms with E-state index in [4.69, 9.17) is 18.6 Å². The summed E-state index contributed by atoms with van der Waals surface area (Å²) in [7, 11) is 0. The Bertz CT molecular complexity index is 894. The van der Waals surface area contributed by atoms with Crippen LogP contribution in [0, 0.1) is 5.92 Å². The van der Waals surface area contributed by atoms with E-state index in [1.807, 2.05) is 13.8 Å². The number of ether oxygens (including phenoxy) is 3. The molecule has 0 radical (unpaired) electrons. The molecule has 0 spiro atoms. The molecule has 3 heterocycles. The number of benzene rings is 1. The fraction of sp³-hybridized carbons (Fsp3) is 0.421. The lowest BCUT2D eigenvalue weighted by Crippen LogP contribution is -2.59. The molecular weight excluding hydrogens is 366 g/mol. The number of hydrogen-bond acceptors (Lipinski definition) is 7. The number of oxazole rings is 1. The molecule has 0 saturated carbocycles. The summed E-state index contributed by atoms with van der Waals surface area (Å²) in [6, 6.07) is 4.71. The Hall–Kier alpha value is -3.23. The smallest absolute Gasteiger partial charge is 0.276 e. The van der Waals surface area contributed by atoms with Gasteiger partial charge < -0.3 is 28.8 Å². The fourth-order valence-corrected chi connectivity index (χ4v) is 3.31. The zero-order valence-electron chi connectivity index (χ0n) is 15.6. The van der Waals surface area contributed by atoms with E-state index < -0.39 is 6.04 Å². The molecule has 148 valence electrons. The van der Waals surface area contributed by atoms with Gasteiger partial charge in [0.2, 0.25) is 18.6 Å². The van der Waals surface area contributed by atoms with Crippen molar-refractivity contribution in [2.45, 2.75) is 26.5 Å². The second kappa shape index (κ2) is 7.41. The van der Waals surface area contributed by atoms with Crippen LogP contribution in [0.25, 0.3) is 0 Å². The lowest BCUT2D eigenvalue weighted by Gasteiger charge is -2.36. The molecule has 1 aromatic carbocycles. The summed E-state index contributed by atoms with van der Waals surface area (Å²) in [5.74, 6) is 1.64. The first-order chi connectivity index (χ1) is 13.5. The number of aromatic nitrogens is 1. The highest BCUT2D eigenvalue weighted by Gasteiger charge is 2.36. The maximum atomic E-state index is 12.8. The van der Waals surface area contributed by atoms with Gasteiger partial charge in [0.15, 0.2) is 23.8 Å². The average molecular weight is 387 g/mol. The SMILES string of the molecule is CC(C)C1C(=O)NCCN1C(=O)c1coc(COc2ccc3c(c2)OCO3)n1. The van der Waals surface area contributed by atoms with Crippen molar-refractivity contribution in [2.75, 3.05) is 19.9 Å². The van der Waals surface area contributed by atoms with Gasteiger partial charge >= 0.3 is 0 Å². The first-order valence-corrected chi connectivity index (χ1v) is 9.08. The number of carbonyl (C=O) groups is 2. The van der Waals surface area contributed by atoms with Crippen molar-refractivity contribution in [3.8, 4) is 17.2 Å². The molecule has 1 fully saturated rings. The van der Waals surface area contributed by atoms with Crippen molar-refractivity contribution in [3.63, 3.8) is 0 Å². The molecule has 1 aromatic heterocycles. The van der Waals surface area contributed by atoms with E-state index in [0.29, 0.717) is 30.3 Å². The number of fused-ring (bicyclic) bond motifs is 1. The maximum Gasteiger partial charge on any atom is 0.276 e. The number of rotatable bonds is 5. The number of hydrogen-bond donors (Lipinski definition) is 1. The van der Waals surface area contributed by atoms with Crippen molar-refractivity contribution in [1.29, 1.82) is 0 Å². The Kier molecular flexibility index (Phi) is 4.81. The molecule has 2 aromatic rings. The molecule has 0 aliphatic carbocycles. The highest BCUT2D eigenvalue weighted by molar-refractivity contribution is 5.96. The molecular formula is C19H21N3O6. The van der Waals surface area contributed by atoms with Crippen LogP contribution in [0.3, 0.4) is 0 Å². The molecule has 1 atom stereocenters. The standard InChI is InChI=1S/C19H21N3O6/c1-11(2)17-18(23)20-5-6-22(17)19(24)13-8-26-16(21-13)9-25-12-3-4-14-15(7-12)28-10-27-14/h3-4,7-8,11,17H,5-6,9-10H2,1-2H3,(H,20,23). The highest BCUT2D eigenvalue weighted by atomic mass is 16.7. The second-order valence-corrected chi connectivity index (χ2v) is 6.91. The Balaban J connectivity index is 1.42. The minimum Gasteiger partial charge on any atom is -0.484 e. The van der Waals surface area contributed by atoms with Crippen molar-refractivity contribution in [1.82, 2.24) is 15.2 Å². The van der Waals surface area contributed by atoms with Gasteiger partial charge in [0.1, 0.15) is 18.1 Å². The lowest BCUT2D eigenvalue weighted by atomic mass is 9.99. The molecule has 1 N–H and O–H groups in total. The molecule has 0 bridgehead atoms. The number of nitrogens with one attached hydrogen (secondary N) is 1. The van der Waals surface area contributed by atoms with Crippen LogP contribution in [-0.4, -0.2) is 47.6 Å². The van der Waals surface area contributed by atoms with Crippen LogP contribution in [0.1, 0.15) is 30.2 Å². The third-order valence-electron chi connectivity index (χ3n) is 4.63. The molecule has 1 unspecified atom stereocenters. The van der Waals surface area contributed by atoms with Gasteiger partial charge in [-0.2, -0.15) is 0 Å². The zero-order valence-corrected chi connectivity index (χ0v) is 15.6. The molecule has 1 saturated heterocycles. The van der Waals surface area contributed by atoms with E-state index in [2.05, 4.69) is 10.3 Å². The second-order valence-electron chi connectivity index (χ2n) is 6.91.